The third kappa shape index (κ3) is 3.83. The lowest BCUT2D eigenvalue weighted by Gasteiger charge is -2.46. The normalized spacial score (nSPS) is 22.6. The van der Waals surface area contributed by atoms with Gasteiger partial charge in [0.15, 0.2) is 0 Å². The third-order valence-electron chi connectivity index (χ3n) is 5.49. The predicted octanol–water partition coefficient (Wildman–Crippen LogP) is 2.67. The summed E-state index contributed by atoms with van der Waals surface area (Å²) < 4.78 is 5.16. The van der Waals surface area contributed by atoms with Crippen LogP contribution in [0.3, 0.4) is 0 Å². The van der Waals surface area contributed by atoms with Gasteiger partial charge in [-0.1, -0.05) is 36.4 Å². The smallest absolute Gasteiger partial charge is 0.232 e. The summed E-state index contributed by atoms with van der Waals surface area (Å²) in [6.07, 6.45) is 6.66. The average Bonchev–Trinajstić information content (AvgIpc) is 2.68. The Morgan fingerprint density at radius 1 is 1.27 bits per heavy atom. The lowest BCUT2D eigenvalue weighted by Crippen LogP contribution is -2.53. The van der Waals surface area contributed by atoms with Gasteiger partial charge in [0.2, 0.25) is 11.8 Å². The highest BCUT2D eigenvalue weighted by atomic mass is 16.5. The van der Waals surface area contributed by atoms with Crippen molar-refractivity contribution in [2.24, 2.45) is 5.41 Å². The number of carbonyl (C=O) groups is 2. The largest absolute Gasteiger partial charge is 0.383 e. The van der Waals surface area contributed by atoms with Gasteiger partial charge in [0.1, 0.15) is 0 Å². The molecule has 0 radical (unpaired) electrons. The highest BCUT2D eigenvalue weighted by Gasteiger charge is 2.49. The zero-order valence-electron chi connectivity index (χ0n) is 15.5. The summed E-state index contributed by atoms with van der Waals surface area (Å²) in [5, 5.41) is 3.13. The summed E-state index contributed by atoms with van der Waals surface area (Å²) in [7, 11) is 1.63. The van der Waals surface area contributed by atoms with Gasteiger partial charge in [-0.05, 0) is 37.7 Å². The van der Waals surface area contributed by atoms with Crippen LogP contribution in [0.5, 0.6) is 0 Å². The van der Waals surface area contributed by atoms with Gasteiger partial charge in [-0.2, -0.15) is 0 Å². The van der Waals surface area contributed by atoms with Crippen LogP contribution in [-0.4, -0.2) is 43.5 Å². The van der Waals surface area contributed by atoms with Gasteiger partial charge >= 0.3 is 0 Å². The van der Waals surface area contributed by atoms with Crippen LogP contribution in [0.25, 0.3) is 0 Å². The number of piperidine rings is 1. The number of hydrogen-bond acceptors (Lipinski definition) is 3. The maximum Gasteiger partial charge on any atom is 0.232 e. The summed E-state index contributed by atoms with van der Waals surface area (Å²) in [4.78, 5) is 27.3. The Hall–Kier alpha value is -2.14. The fourth-order valence-electron chi connectivity index (χ4n) is 4.08. The zero-order chi connectivity index (χ0) is 18.4. The van der Waals surface area contributed by atoms with Crippen molar-refractivity contribution in [3.05, 3.63) is 47.7 Å². The van der Waals surface area contributed by atoms with E-state index in [1.54, 1.807) is 12.0 Å². The highest BCUT2D eigenvalue weighted by Crippen LogP contribution is 2.46. The van der Waals surface area contributed by atoms with E-state index in [1.807, 2.05) is 18.2 Å². The molecule has 0 spiro atoms. The molecular weight excluding hydrogens is 328 g/mol. The van der Waals surface area contributed by atoms with Crippen molar-refractivity contribution >= 4 is 11.8 Å². The lowest BCUT2D eigenvalue weighted by molar-refractivity contribution is -0.141. The van der Waals surface area contributed by atoms with Crippen molar-refractivity contribution in [3.63, 3.8) is 0 Å². The molecule has 1 aliphatic carbocycles. The second kappa shape index (κ2) is 8.49. The van der Waals surface area contributed by atoms with E-state index >= 15 is 0 Å². The average molecular weight is 356 g/mol. The van der Waals surface area contributed by atoms with Crippen molar-refractivity contribution in [3.8, 4) is 0 Å². The van der Waals surface area contributed by atoms with E-state index in [9.17, 15) is 9.59 Å². The number of nitrogens with one attached hydrogen (secondary N) is 1. The predicted molar refractivity (Wildman–Crippen MR) is 100 cm³/mol. The van der Waals surface area contributed by atoms with Crippen molar-refractivity contribution in [2.45, 2.75) is 38.5 Å². The van der Waals surface area contributed by atoms with Crippen molar-refractivity contribution in [1.29, 1.82) is 0 Å². The van der Waals surface area contributed by atoms with Crippen LogP contribution in [0.4, 0.5) is 0 Å². The number of methoxy groups -OCH3 is 1. The number of benzene rings is 1. The summed E-state index contributed by atoms with van der Waals surface area (Å²) in [6, 6.07) is 10.2. The molecule has 1 saturated heterocycles. The van der Waals surface area contributed by atoms with E-state index in [1.165, 1.54) is 5.56 Å². The SMILES string of the molecule is COCCN1C(=O)CCC2(C(=O)NCCc3ccccc3)CCCC=C12. The van der Waals surface area contributed by atoms with Crippen LogP contribution < -0.4 is 5.32 Å². The Kier molecular flexibility index (Phi) is 6.09. The highest BCUT2D eigenvalue weighted by molar-refractivity contribution is 5.91. The first-order valence-electron chi connectivity index (χ1n) is 9.49. The summed E-state index contributed by atoms with van der Waals surface area (Å²) in [6.45, 7) is 1.61. The maximum atomic E-state index is 13.1. The summed E-state index contributed by atoms with van der Waals surface area (Å²) in [5.41, 5.74) is 1.55. The van der Waals surface area contributed by atoms with E-state index in [2.05, 4.69) is 23.5 Å². The lowest BCUT2D eigenvalue weighted by atomic mass is 9.69. The van der Waals surface area contributed by atoms with Crippen molar-refractivity contribution in [1.82, 2.24) is 10.2 Å². The van der Waals surface area contributed by atoms with E-state index in [-0.39, 0.29) is 11.8 Å². The number of ether oxygens (including phenoxy) is 1. The van der Waals surface area contributed by atoms with E-state index in [0.717, 1.165) is 31.4 Å². The number of nitrogens with zero attached hydrogens (tertiary/aromatic N) is 1. The minimum atomic E-state index is -0.559. The molecular formula is C21H28N2O3. The van der Waals surface area contributed by atoms with Crippen LogP contribution in [0.15, 0.2) is 42.1 Å². The summed E-state index contributed by atoms with van der Waals surface area (Å²) in [5.74, 6) is 0.164. The molecule has 3 rings (SSSR count). The van der Waals surface area contributed by atoms with Crippen LogP contribution in [0, 0.1) is 5.41 Å². The van der Waals surface area contributed by atoms with Crippen molar-refractivity contribution in [2.75, 3.05) is 26.8 Å². The van der Waals surface area contributed by atoms with Gasteiger partial charge in [-0.3, -0.25) is 9.59 Å². The topological polar surface area (TPSA) is 58.6 Å². The number of carbonyl (C=O) groups excluding carboxylic acids is 2. The Labute approximate surface area is 155 Å². The molecule has 1 aliphatic heterocycles. The van der Waals surface area contributed by atoms with Crippen LogP contribution in [0.1, 0.15) is 37.7 Å². The van der Waals surface area contributed by atoms with Crippen molar-refractivity contribution < 1.29 is 14.3 Å². The number of fused-ring (bicyclic) bond motifs is 1. The molecule has 0 saturated carbocycles. The number of amides is 2. The second-order valence-corrected chi connectivity index (χ2v) is 7.09. The molecule has 140 valence electrons. The molecule has 5 heteroatoms. The second-order valence-electron chi connectivity index (χ2n) is 7.09. The Morgan fingerprint density at radius 3 is 2.85 bits per heavy atom. The zero-order valence-corrected chi connectivity index (χ0v) is 15.5. The maximum absolute atomic E-state index is 13.1. The van der Waals surface area contributed by atoms with Gasteiger partial charge in [0, 0.05) is 32.3 Å². The molecule has 0 aromatic heterocycles. The molecule has 1 atom stereocenters. The Morgan fingerprint density at radius 2 is 2.08 bits per heavy atom. The molecule has 2 aliphatic rings. The number of likely N-dealkylation sites (tertiary alicyclic amines) is 1. The molecule has 5 nitrogen and oxygen atoms in total. The van der Waals surface area contributed by atoms with Gasteiger partial charge in [0.25, 0.3) is 0 Å². The number of allylic oxidation sites excluding steroid dienone is 1. The molecule has 1 fully saturated rings. The van der Waals surface area contributed by atoms with Crippen LogP contribution in [-0.2, 0) is 20.7 Å². The summed E-state index contributed by atoms with van der Waals surface area (Å²) >= 11 is 0. The molecule has 1 unspecified atom stereocenters. The first kappa shape index (κ1) is 18.6. The molecule has 26 heavy (non-hydrogen) atoms. The van der Waals surface area contributed by atoms with E-state index in [4.69, 9.17) is 4.74 Å². The van der Waals surface area contributed by atoms with Gasteiger partial charge < -0.3 is 15.0 Å². The van der Waals surface area contributed by atoms with Gasteiger partial charge in [-0.25, -0.2) is 0 Å². The van der Waals surface area contributed by atoms with Crippen LogP contribution in [0.2, 0.25) is 0 Å². The number of rotatable bonds is 7. The molecule has 1 aromatic rings. The monoisotopic (exact) mass is 356 g/mol. The van der Waals surface area contributed by atoms with E-state index in [0.29, 0.717) is 32.5 Å². The van der Waals surface area contributed by atoms with E-state index < -0.39 is 5.41 Å². The minimum absolute atomic E-state index is 0.0642. The van der Waals surface area contributed by atoms with Crippen LogP contribution >= 0.6 is 0 Å². The molecule has 2 amide bonds. The van der Waals surface area contributed by atoms with Gasteiger partial charge in [-0.15, -0.1) is 0 Å². The first-order valence-corrected chi connectivity index (χ1v) is 9.49. The fraction of sp³-hybridized carbons (Fsp3) is 0.524. The molecule has 1 heterocycles. The van der Waals surface area contributed by atoms with Gasteiger partial charge in [0.05, 0.1) is 12.0 Å². The Bertz CT molecular complexity index is 671. The number of hydrogen-bond donors (Lipinski definition) is 1. The Balaban J connectivity index is 1.70. The minimum Gasteiger partial charge on any atom is -0.383 e. The molecule has 1 aromatic carbocycles. The molecule has 0 bridgehead atoms. The fourth-order valence-corrected chi connectivity index (χ4v) is 4.08. The standard InChI is InChI=1S/C21H28N2O3/c1-26-16-15-23-18-9-5-6-12-21(18,13-10-19(23)24)20(25)22-14-11-17-7-3-2-4-8-17/h2-4,7-9H,5-6,10-16H2,1H3,(H,22,25). The molecule has 1 N–H and O–H groups in total. The quantitative estimate of drug-likeness (QED) is 0.817. The first-order chi connectivity index (χ1) is 12.7. The third-order valence-corrected chi connectivity index (χ3v) is 5.49.